The van der Waals surface area contributed by atoms with Gasteiger partial charge < -0.3 is 22.1 Å². The number of halogens is 2. The molecule has 138 valence electrons. The molecule has 0 unspecified atom stereocenters. The normalized spacial score (nSPS) is 16.5. The highest BCUT2D eigenvalue weighted by Crippen LogP contribution is 2.28. The lowest BCUT2D eigenvalue weighted by Gasteiger charge is -2.37. The first-order chi connectivity index (χ1) is 12.2. The van der Waals surface area contributed by atoms with Crippen LogP contribution in [0.4, 0.5) is 17.5 Å². The third-order valence-corrected chi connectivity index (χ3v) is 5.07. The third-order valence-electron chi connectivity index (χ3n) is 4.47. The average Bonchev–Trinajstić information content (AvgIpc) is 2.57. The van der Waals surface area contributed by atoms with Crippen LogP contribution in [0.15, 0.2) is 12.3 Å². The Balaban J connectivity index is 1.88. The molecule has 8 nitrogen and oxygen atoms in total. The Bertz CT molecular complexity index is 858. The number of nitrogens with zero attached hydrogens (tertiary/aromatic N) is 4. The standard InChI is InChI=1S/C16H20Cl2N8/c1-16(22)2-4-26(5-3-16)10-7-23-13(15(21)25-10)12(19)8-6-9(17)24-14(20)11(8)18/h6-7,19H,2-5,22H2,1H3,(H2,20,24)(H2,21,25). The third kappa shape index (κ3) is 3.67. The summed E-state index contributed by atoms with van der Waals surface area (Å²) in [6.07, 6.45) is 3.31. The van der Waals surface area contributed by atoms with Gasteiger partial charge in [-0.2, -0.15) is 0 Å². The van der Waals surface area contributed by atoms with E-state index in [0.717, 1.165) is 25.9 Å². The molecule has 1 saturated heterocycles. The summed E-state index contributed by atoms with van der Waals surface area (Å²) in [5, 5.41) is 8.63. The van der Waals surface area contributed by atoms with E-state index in [1.54, 1.807) is 6.20 Å². The second-order valence-electron chi connectivity index (χ2n) is 6.67. The summed E-state index contributed by atoms with van der Waals surface area (Å²) in [6.45, 7) is 3.60. The lowest BCUT2D eigenvalue weighted by Crippen LogP contribution is -2.48. The van der Waals surface area contributed by atoms with Crippen molar-refractivity contribution in [2.45, 2.75) is 25.3 Å². The van der Waals surface area contributed by atoms with Crippen LogP contribution in [0, 0.1) is 5.41 Å². The van der Waals surface area contributed by atoms with Gasteiger partial charge in [0.15, 0.2) is 5.82 Å². The van der Waals surface area contributed by atoms with Gasteiger partial charge in [0.25, 0.3) is 0 Å². The second kappa shape index (κ2) is 6.86. The zero-order chi connectivity index (χ0) is 19.1. The van der Waals surface area contributed by atoms with E-state index in [9.17, 15) is 0 Å². The molecule has 1 fully saturated rings. The van der Waals surface area contributed by atoms with Crippen LogP contribution < -0.4 is 22.1 Å². The molecule has 3 heterocycles. The maximum absolute atomic E-state index is 8.37. The smallest absolute Gasteiger partial charge is 0.154 e. The first kappa shape index (κ1) is 18.6. The molecule has 0 atom stereocenters. The molecular weight excluding hydrogens is 375 g/mol. The van der Waals surface area contributed by atoms with Crippen LogP contribution in [0.3, 0.4) is 0 Å². The fraction of sp³-hybridized carbons (Fsp3) is 0.375. The molecule has 26 heavy (non-hydrogen) atoms. The van der Waals surface area contributed by atoms with E-state index in [4.69, 9.17) is 45.8 Å². The van der Waals surface area contributed by atoms with E-state index in [1.165, 1.54) is 6.07 Å². The van der Waals surface area contributed by atoms with Crippen LogP contribution in [-0.4, -0.2) is 39.3 Å². The summed E-state index contributed by atoms with van der Waals surface area (Å²) >= 11 is 12.1. The van der Waals surface area contributed by atoms with E-state index in [0.29, 0.717) is 11.4 Å². The van der Waals surface area contributed by atoms with Gasteiger partial charge >= 0.3 is 0 Å². The maximum Gasteiger partial charge on any atom is 0.154 e. The fourth-order valence-electron chi connectivity index (χ4n) is 2.81. The van der Waals surface area contributed by atoms with Crippen LogP contribution in [-0.2, 0) is 0 Å². The van der Waals surface area contributed by atoms with E-state index in [2.05, 4.69) is 19.9 Å². The Labute approximate surface area is 161 Å². The summed E-state index contributed by atoms with van der Waals surface area (Å²) in [5.41, 5.74) is 18.3. The average molecular weight is 395 g/mol. The molecule has 2 aromatic heterocycles. The predicted molar refractivity (Wildman–Crippen MR) is 105 cm³/mol. The molecule has 1 aliphatic heterocycles. The quantitative estimate of drug-likeness (QED) is 0.460. The molecule has 2 aromatic rings. The minimum Gasteiger partial charge on any atom is -0.382 e. The van der Waals surface area contributed by atoms with Crippen LogP contribution in [0.25, 0.3) is 0 Å². The number of aromatic nitrogens is 3. The van der Waals surface area contributed by atoms with E-state index >= 15 is 0 Å². The minimum atomic E-state index is -0.158. The number of pyridine rings is 1. The summed E-state index contributed by atoms with van der Waals surface area (Å²) in [4.78, 5) is 14.7. The number of nitrogens with one attached hydrogen (secondary N) is 1. The molecule has 0 aliphatic carbocycles. The van der Waals surface area contributed by atoms with Crippen molar-refractivity contribution >= 4 is 46.4 Å². The number of piperidine rings is 1. The lowest BCUT2D eigenvalue weighted by atomic mass is 9.91. The SMILES string of the molecule is CC1(N)CCN(c2cnc(C(=N)c3cc(Cl)nc(N)c3Cl)c(N)n2)CC1. The molecule has 3 rings (SSSR count). The molecule has 10 heteroatoms. The monoisotopic (exact) mass is 394 g/mol. The highest BCUT2D eigenvalue weighted by molar-refractivity contribution is 6.38. The van der Waals surface area contributed by atoms with Crippen molar-refractivity contribution in [2.75, 3.05) is 29.5 Å². The van der Waals surface area contributed by atoms with Crippen molar-refractivity contribution in [3.05, 3.63) is 33.7 Å². The highest BCUT2D eigenvalue weighted by atomic mass is 35.5. The summed E-state index contributed by atoms with van der Waals surface area (Å²) in [7, 11) is 0. The molecule has 0 amide bonds. The van der Waals surface area contributed by atoms with Crippen molar-refractivity contribution < 1.29 is 0 Å². The Hall–Kier alpha value is -2.16. The van der Waals surface area contributed by atoms with Crippen LogP contribution in [0.1, 0.15) is 31.0 Å². The number of hydrogen-bond acceptors (Lipinski definition) is 8. The van der Waals surface area contributed by atoms with Crippen LogP contribution >= 0.6 is 23.2 Å². The van der Waals surface area contributed by atoms with Gasteiger partial charge in [-0.1, -0.05) is 23.2 Å². The van der Waals surface area contributed by atoms with Gasteiger partial charge in [-0.15, -0.1) is 0 Å². The van der Waals surface area contributed by atoms with E-state index in [-0.39, 0.29) is 38.8 Å². The van der Waals surface area contributed by atoms with Crippen molar-refractivity contribution in [1.82, 2.24) is 15.0 Å². The van der Waals surface area contributed by atoms with Gasteiger partial charge in [-0.05, 0) is 25.8 Å². The number of rotatable bonds is 3. The number of nitrogens with two attached hydrogens (primary N) is 3. The Morgan fingerprint density at radius 2 is 1.85 bits per heavy atom. The van der Waals surface area contributed by atoms with Crippen LogP contribution in [0.5, 0.6) is 0 Å². The van der Waals surface area contributed by atoms with Gasteiger partial charge in [-0.3, -0.25) is 5.41 Å². The number of nitrogen functional groups attached to an aromatic ring is 2. The highest BCUT2D eigenvalue weighted by Gasteiger charge is 2.27. The second-order valence-corrected chi connectivity index (χ2v) is 7.44. The minimum absolute atomic E-state index is 0.0178. The molecule has 0 spiro atoms. The van der Waals surface area contributed by atoms with Gasteiger partial charge in [0.2, 0.25) is 0 Å². The van der Waals surface area contributed by atoms with Gasteiger partial charge in [0, 0.05) is 24.2 Å². The summed E-state index contributed by atoms with van der Waals surface area (Å²) in [5.74, 6) is 0.837. The van der Waals surface area contributed by atoms with Gasteiger partial charge in [0.05, 0.1) is 16.9 Å². The lowest BCUT2D eigenvalue weighted by molar-refractivity contribution is 0.363. The predicted octanol–water partition coefficient (Wildman–Crippen LogP) is 2.08. The zero-order valence-electron chi connectivity index (χ0n) is 14.3. The molecular formula is C16H20Cl2N8. The molecule has 0 aromatic carbocycles. The molecule has 1 aliphatic rings. The molecule has 0 radical (unpaired) electrons. The van der Waals surface area contributed by atoms with Crippen molar-refractivity contribution in [3.63, 3.8) is 0 Å². The molecule has 7 N–H and O–H groups in total. The van der Waals surface area contributed by atoms with Crippen molar-refractivity contribution in [1.29, 1.82) is 5.41 Å². The number of hydrogen-bond donors (Lipinski definition) is 4. The summed E-state index contributed by atoms with van der Waals surface area (Å²) < 4.78 is 0. The fourth-order valence-corrected chi connectivity index (χ4v) is 3.20. The van der Waals surface area contributed by atoms with Crippen molar-refractivity contribution in [2.24, 2.45) is 5.73 Å². The number of anilines is 3. The molecule has 0 saturated carbocycles. The van der Waals surface area contributed by atoms with E-state index < -0.39 is 0 Å². The molecule has 0 bridgehead atoms. The van der Waals surface area contributed by atoms with Gasteiger partial charge in [0.1, 0.15) is 22.5 Å². The Morgan fingerprint density at radius 1 is 1.19 bits per heavy atom. The first-order valence-corrected chi connectivity index (χ1v) is 8.81. The summed E-state index contributed by atoms with van der Waals surface area (Å²) in [6, 6.07) is 1.45. The maximum atomic E-state index is 8.37. The Morgan fingerprint density at radius 3 is 2.46 bits per heavy atom. The van der Waals surface area contributed by atoms with Crippen molar-refractivity contribution in [3.8, 4) is 0 Å². The topological polar surface area (TPSA) is 144 Å². The first-order valence-electron chi connectivity index (χ1n) is 8.05. The zero-order valence-corrected chi connectivity index (χ0v) is 15.8. The Kier molecular flexibility index (Phi) is 4.92. The largest absolute Gasteiger partial charge is 0.382 e. The van der Waals surface area contributed by atoms with Crippen LogP contribution in [0.2, 0.25) is 10.2 Å². The van der Waals surface area contributed by atoms with E-state index in [1.807, 2.05) is 6.92 Å². The van der Waals surface area contributed by atoms with Gasteiger partial charge in [-0.25, -0.2) is 15.0 Å².